The zero-order valence-electron chi connectivity index (χ0n) is 9.84. The maximum absolute atomic E-state index is 5.43. The van der Waals surface area contributed by atoms with Gasteiger partial charge < -0.3 is 15.1 Å². The van der Waals surface area contributed by atoms with Gasteiger partial charge in [0.05, 0.1) is 11.9 Å². The highest BCUT2D eigenvalue weighted by atomic mass is 127. The third-order valence-corrected chi connectivity index (χ3v) is 3.59. The van der Waals surface area contributed by atoms with Crippen molar-refractivity contribution in [2.75, 3.05) is 10.7 Å². The monoisotopic (exact) mass is 366 g/mol. The molecule has 0 atom stereocenters. The summed E-state index contributed by atoms with van der Waals surface area (Å²) in [7, 11) is 0. The number of imidazole rings is 1. The van der Waals surface area contributed by atoms with Gasteiger partial charge in [-0.2, -0.15) is 0 Å². The largest absolute Gasteiger partial charge is 0.336 e. The number of hydrogen-bond donors (Lipinski definition) is 3. The number of para-hydroxylation sites is 1. The fraction of sp³-hybridized carbons (Fsp3) is 0. The van der Waals surface area contributed by atoms with Gasteiger partial charge in [0.15, 0.2) is 17.3 Å². The van der Waals surface area contributed by atoms with Gasteiger partial charge in [0.25, 0.3) is 0 Å². The summed E-state index contributed by atoms with van der Waals surface area (Å²) in [5.41, 5.74) is 4.28. The molecular weight excluding hydrogens is 355 g/mol. The molecule has 0 radical (unpaired) electrons. The summed E-state index contributed by atoms with van der Waals surface area (Å²) >= 11 is 2.27. The van der Waals surface area contributed by atoms with E-state index in [0.717, 1.165) is 14.9 Å². The summed E-state index contributed by atoms with van der Waals surface area (Å²) in [6.45, 7) is 0. The van der Waals surface area contributed by atoms with Crippen molar-refractivity contribution in [2.24, 2.45) is 5.84 Å². The molecule has 0 saturated heterocycles. The molecule has 0 spiro atoms. The minimum Gasteiger partial charge on any atom is -0.336 e. The van der Waals surface area contributed by atoms with E-state index in [0.29, 0.717) is 11.6 Å². The Morgan fingerprint density at radius 1 is 1.26 bits per heavy atom. The predicted octanol–water partition coefficient (Wildman–Crippen LogP) is 2.36. The van der Waals surface area contributed by atoms with Gasteiger partial charge in [0.1, 0.15) is 0 Å². The Kier molecular flexibility index (Phi) is 3.22. The highest BCUT2D eigenvalue weighted by Gasteiger charge is 2.08. The quantitative estimate of drug-likeness (QED) is 0.377. The first-order chi connectivity index (χ1) is 9.28. The number of halogens is 1. The lowest BCUT2D eigenvalue weighted by molar-refractivity contribution is 1.11. The van der Waals surface area contributed by atoms with Crippen molar-refractivity contribution in [3.8, 4) is 0 Å². The van der Waals surface area contributed by atoms with Crippen LogP contribution in [0.25, 0.3) is 5.65 Å². The molecule has 4 N–H and O–H groups in total. The Labute approximate surface area is 123 Å². The van der Waals surface area contributed by atoms with Crippen molar-refractivity contribution in [1.29, 1.82) is 0 Å². The normalized spacial score (nSPS) is 10.6. The zero-order valence-corrected chi connectivity index (χ0v) is 12.0. The maximum Gasteiger partial charge on any atom is 0.180 e. The number of nitrogens with two attached hydrogens (primary N) is 1. The summed E-state index contributed by atoms with van der Waals surface area (Å²) in [5.74, 6) is 6.65. The number of nitrogens with one attached hydrogen (secondary N) is 2. The number of hydrazine groups is 1. The minimum absolute atomic E-state index is 0.568. The third kappa shape index (κ3) is 2.34. The summed E-state index contributed by atoms with van der Waals surface area (Å²) in [4.78, 5) is 8.68. The van der Waals surface area contributed by atoms with E-state index in [1.54, 1.807) is 12.4 Å². The number of rotatable bonds is 3. The van der Waals surface area contributed by atoms with Crippen LogP contribution in [0.1, 0.15) is 0 Å². The van der Waals surface area contributed by atoms with Gasteiger partial charge in [-0.15, -0.1) is 0 Å². The van der Waals surface area contributed by atoms with Gasteiger partial charge in [0, 0.05) is 16.0 Å². The molecule has 2 aromatic heterocycles. The van der Waals surface area contributed by atoms with Gasteiger partial charge in [-0.3, -0.25) is 0 Å². The van der Waals surface area contributed by atoms with E-state index in [4.69, 9.17) is 5.84 Å². The van der Waals surface area contributed by atoms with Gasteiger partial charge in [-0.1, -0.05) is 12.1 Å². The number of nitrogens with zero attached hydrogens (tertiary/aromatic N) is 3. The fourth-order valence-corrected chi connectivity index (χ4v) is 2.30. The molecular formula is C12H11IN6. The van der Waals surface area contributed by atoms with Crippen molar-refractivity contribution < 1.29 is 0 Å². The molecule has 3 aromatic rings. The van der Waals surface area contributed by atoms with E-state index in [2.05, 4.69) is 43.3 Å². The molecule has 19 heavy (non-hydrogen) atoms. The number of anilines is 3. The molecule has 0 bridgehead atoms. The topological polar surface area (TPSA) is 80.3 Å². The minimum atomic E-state index is 0.568. The lowest BCUT2D eigenvalue weighted by Gasteiger charge is -2.10. The summed E-state index contributed by atoms with van der Waals surface area (Å²) in [5, 5.41) is 3.28. The molecule has 6 nitrogen and oxygen atoms in total. The van der Waals surface area contributed by atoms with Crippen molar-refractivity contribution in [3.05, 3.63) is 46.4 Å². The molecule has 0 fully saturated rings. The smallest absolute Gasteiger partial charge is 0.180 e. The lowest BCUT2D eigenvalue weighted by Crippen LogP contribution is -2.11. The first-order valence-electron chi connectivity index (χ1n) is 5.60. The number of nitrogen functional groups attached to an aromatic ring is 1. The van der Waals surface area contributed by atoms with Crippen LogP contribution in [0.15, 0.2) is 42.9 Å². The van der Waals surface area contributed by atoms with Crippen LogP contribution in [0.3, 0.4) is 0 Å². The van der Waals surface area contributed by atoms with E-state index in [-0.39, 0.29) is 0 Å². The van der Waals surface area contributed by atoms with Gasteiger partial charge in [0.2, 0.25) is 0 Å². The first-order valence-corrected chi connectivity index (χ1v) is 6.67. The van der Waals surface area contributed by atoms with Crippen LogP contribution in [0, 0.1) is 3.57 Å². The van der Waals surface area contributed by atoms with Crippen LogP contribution < -0.4 is 16.6 Å². The van der Waals surface area contributed by atoms with Crippen LogP contribution in [0.4, 0.5) is 17.3 Å². The second-order valence-electron chi connectivity index (χ2n) is 3.88. The second kappa shape index (κ2) is 5.02. The molecule has 7 heteroatoms. The Balaban J connectivity index is 2.09. The molecule has 1 aromatic carbocycles. The van der Waals surface area contributed by atoms with Crippen LogP contribution in [-0.2, 0) is 0 Å². The molecule has 3 rings (SSSR count). The highest BCUT2D eigenvalue weighted by molar-refractivity contribution is 14.1. The molecule has 0 amide bonds. The first kappa shape index (κ1) is 12.2. The number of benzene rings is 1. The van der Waals surface area contributed by atoms with Crippen molar-refractivity contribution in [1.82, 2.24) is 14.4 Å². The van der Waals surface area contributed by atoms with Crippen molar-refractivity contribution in [2.45, 2.75) is 0 Å². The molecule has 0 unspecified atom stereocenters. The molecule has 2 heterocycles. The Hall–Kier alpha value is -1.87. The summed E-state index contributed by atoms with van der Waals surface area (Å²) in [6, 6.07) is 7.98. The molecule has 0 aliphatic rings. The van der Waals surface area contributed by atoms with Crippen LogP contribution in [0.5, 0.6) is 0 Å². The van der Waals surface area contributed by atoms with E-state index in [1.807, 2.05) is 34.9 Å². The van der Waals surface area contributed by atoms with Crippen LogP contribution >= 0.6 is 22.6 Å². The van der Waals surface area contributed by atoms with Gasteiger partial charge in [-0.05, 0) is 34.7 Å². The second-order valence-corrected chi connectivity index (χ2v) is 5.04. The fourth-order valence-electron chi connectivity index (χ4n) is 1.78. The van der Waals surface area contributed by atoms with Crippen LogP contribution in [-0.4, -0.2) is 14.4 Å². The maximum atomic E-state index is 5.43. The third-order valence-electron chi connectivity index (χ3n) is 2.65. The SMILES string of the molecule is NNc1cn2ccnc2c(Nc2ccccc2I)n1. The summed E-state index contributed by atoms with van der Waals surface area (Å²) < 4.78 is 2.97. The van der Waals surface area contributed by atoms with Crippen LogP contribution in [0.2, 0.25) is 0 Å². The van der Waals surface area contributed by atoms with Crippen molar-refractivity contribution >= 4 is 45.6 Å². The summed E-state index contributed by atoms with van der Waals surface area (Å²) in [6.07, 6.45) is 5.35. The Morgan fingerprint density at radius 2 is 2.11 bits per heavy atom. The zero-order chi connectivity index (χ0) is 13.2. The molecule has 0 saturated carbocycles. The molecule has 0 aliphatic heterocycles. The average Bonchev–Trinajstić information content (AvgIpc) is 2.89. The molecule has 0 aliphatic carbocycles. The predicted molar refractivity (Wildman–Crippen MR) is 83.2 cm³/mol. The van der Waals surface area contributed by atoms with E-state index >= 15 is 0 Å². The van der Waals surface area contributed by atoms with Gasteiger partial charge >= 0.3 is 0 Å². The number of fused-ring (bicyclic) bond motifs is 1. The van der Waals surface area contributed by atoms with E-state index in [1.165, 1.54) is 0 Å². The Morgan fingerprint density at radius 3 is 2.89 bits per heavy atom. The van der Waals surface area contributed by atoms with E-state index < -0.39 is 0 Å². The number of aromatic nitrogens is 3. The number of hydrogen-bond acceptors (Lipinski definition) is 5. The lowest BCUT2D eigenvalue weighted by atomic mass is 10.3. The standard InChI is InChI=1S/C12H11IN6/c13-8-3-1-2-4-9(8)16-11-12-15-5-6-19(12)7-10(17-11)18-14/h1-7,18H,14H2,(H,16,17). The highest BCUT2D eigenvalue weighted by Crippen LogP contribution is 2.24. The van der Waals surface area contributed by atoms with Crippen molar-refractivity contribution in [3.63, 3.8) is 0 Å². The van der Waals surface area contributed by atoms with E-state index in [9.17, 15) is 0 Å². The average molecular weight is 366 g/mol. The molecule has 96 valence electrons. The Bertz CT molecular complexity index is 723. The van der Waals surface area contributed by atoms with Gasteiger partial charge in [-0.25, -0.2) is 15.8 Å².